The number of carbonyl (C=O) groups excluding carboxylic acids is 1. The van der Waals surface area contributed by atoms with E-state index in [1.807, 2.05) is 18.5 Å². The van der Waals surface area contributed by atoms with Crippen LogP contribution in [0.4, 0.5) is 0 Å². The molecular weight excluding hydrogens is 378 g/mol. The summed E-state index contributed by atoms with van der Waals surface area (Å²) >= 11 is 3.49. The molecule has 4 saturated carbocycles. The van der Waals surface area contributed by atoms with Crippen molar-refractivity contribution in [3.05, 3.63) is 16.4 Å². The molecule has 0 aromatic carbocycles. The maximum Gasteiger partial charge on any atom is 0.244 e. The molecule has 5 rings (SSSR count). The van der Waals surface area contributed by atoms with Gasteiger partial charge in [-0.05, 0) is 97.9 Å². The first-order valence-corrected chi connectivity index (χ1v) is 10.7. The normalized spacial score (nSPS) is 35.6. The van der Waals surface area contributed by atoms with E-state index < -0.39 is 0 Å². The lowest BCUT2D eigenvalue weighted by Gasteiger charge is -2.59. The molecule has 1 aromatic rings. The smallest absolute Gasteiger partial charge is 0.244 e. The average molecular weight is 408 g/mol. The van der Waals surface area contributed by atoms with Crippen molar-refractivity contribution in [1.82, 2.24) is 15.1 Å². The number of hydrogen-bond donors (Lipinski definition) is 1. The fourth-order valence-electron chi connectivity index (χ4n) is 6.49. The monoisotopic (exact) mass is 407 g/mol. The minimum absolute atomic E-state index is 0.112. The molecule has 25 heavy (non-hydrogen) atoms. The fraction of sp³-hybridized carbons (Fsp3) is 0.800. The van der Waals surface area contributed by atoms with E-state index in [1.165, 1.54) is 38.5 Å². The van der Waals surface area contributed by atoms with Gasteiger partial charge in [0.1, 0.15) is 6.04 Å². The molecule has 4 aliphatic rings. The first-order chi connectivity index (χ1) is 11.9. The first kappa shape index (κ1) is 17.6. The van der Waals surface area contributed by atoms with Gasteiger partial charge in [-0.2, -0.15) is 5.10 Å². The van der Waals surface area contributed by atoms with E-state index >= 15 is 0 Å². The topological polar surface area (TPSA) is 46.9 Å². The van der Waals surface area contributed by atoms with E-state index in [0.717, 1.165) is 34.3 Å². The largest absolute Gasteiger partial charge is 0.351 e. The van der Waals surface area contributed by atoms with Gasteiger partial charge in [0.15, 0.2) is 0 Å². The Labute approximate surface area is 159 Å². The van der Waals surface area contributed by atoms with Crippen molar-refractivity contribution in [2.75, 3.05) is 0 Å². The number of aromatic nitrogens is 2. The second-order valence-corrected chi connectivity index (χ2v) is 9.80. The molecule has 2 unspecified atom stereocenters. The van der Waals surface area contributed by atoms with Gasteiger partial charge in [-0.1, -0.05) is 6.92 Å². The Morgan fingerprint density at radius 1 is 1.32 bits per heavy atom. The summed E-state index contributed by atoms with van der Waals surface area (Å²) < 4.78 is 2.78. The van der Waals surface area contributed by atoms with Gasteiger partial charge in [0.05, 0.1) is 16.4 Å². The Kier molecular flexibility index (Phi) is 4.50. The van der Waals surface area contributed by atoms with Gasteiger partial charge in [0, 0.05) is 6.04 Å². The molecule has 4 aliphatic carbocycles. The van der Waals surface area contributed by atoms with Crippen molar-refractivity contribution in [3.8, 4) is 0 Å². The number of halogens is 1. The molecule has 138 valence electrons. The predicted octanol–water partition coefficient (Wildman–Crippen LogP) is 4.63. The van der Waals surface area contributed by atoms with Crippen molar-refractivity contribution in [1.29, 1.82) is 0 Å². The summed E-state index contributed by atoms with van der Waals surface area (Å²) in [7, 11) is 0. The molecule has 4 fully saturated rings. The zero-order valence-corrected chi connectivity index (χ0v) is 17.2. The Bertz CT molecular complexity index is 633. The van der Waals surface area contributed by atoms with E-state index in [9.17, 15) is 4.79 Å². The minimum atomic E-state index is -0.269. The highest BCUT2D eigenvalue weighted by molar-refractivity contribution is 9.10. The quantitative estimate of drug-likeness (QED) is 0.773. The predicted molar refractivity (Wildman–Crippen MR) is 102 cm³/mol. The van der Waals surface area contributed by atoms with Crippen LogP contribution in [-0.2, 0) is 4.79 Å². The summed E-state index contributed by atoms with van der Waals surface area (Å²) in [4.78, 5) is 13.0. The van der Waals surface area contributed by atoms with Crippen molar-refractivity contribution in [2.45, 2.75) is 77.8 Å². The van der Waals surface area contributed by atoms with Gasteiger partial charge in [0.2, 0.25) is 5.91 Å². The highest BCUT2D eigenvalue weighted by Crippen LogP contribution is 2.61. The van der Waals surface area contributed by atoms with Crippen LogP contribution in [0.15, 0.2) is 10.7 Å². The second kappa shape index (κ2) is 6.40. The highest BCUT2D eigenvalue weighted by atomic mass is 79.9. The lowest BCUT2D eigenvalue weighted by atomic mass is 9.47. The Morgan fingerprint density at radius 2 is 1.88 bits per heavy atom. The number of amides is 1. The van der Waals surface area contributed by atoms with Crippen LogP contribution >= 0.6 is 15.9 Å². The van der Waals surface area contributed by atoms with E-state index in [2.05, 4.69) is 33.3 Å². The summed E-state index contributed by atoms with van der Waals surface area (Å²) in [5.41, 5.74) is 1.36. The van der Waals surface area contributed by atoms with Crippen molar-refractivity contribution < 1.29 is 4.79 Å². The van der Waals surface area contributed by atoms with Crippen LogP contribution < -0.4 is 5.32 Å². The van der Waals surface area contributed by atoms with E-state index in [4.69, 9.17) is 0 Å². The molecule has 4 bridgehead atoms. The standard InChI is InChI=1S/C20H30BrN3O/c1-4-18(20-8-14-5-15(9-20)7-16(6-14)10-20)23-19(25)13(3)24-12(2)17(21)11-22-24/h11,13-16,18H,4-10H2,1-3H3,(H,23,25). The molecule has 5 heteroatoms. The van der Waals surface area contributed by atoms with Gasteiger partial charge in [-0.3, -0.25) is 9.48 Å². The minimum Gasteiger partial charge on any atom is -0.351 e. The Hall–Kier alpha value is -0.840. The maximum absolute atomic E-state index is 13.0. The Balaban J connectivity index is 1.50. The van der Waals surface area contributed by atoms with Crippen molar-refractivity contribution in [3.63, 3.8) is 0 Å². The number of carbonyl (C=O) groups is 1. The first-order valence-electron chi connectivity index (χ1n) is 9.92. The molecule has 1 aromatic heterocycles. The van der Waals surface area contributed by atoms with Crippen LogP contribution in [0.3, 0.4) is 0 Å². The van der Waals surface area contributed by atoms with Crippen LogP contribution in [0.1, 0.15) is 70.5 Å². The molecule has 0 saturated heterocycles. The number of nitrogens with one attached hydrogen (secondary N) is 1. The maximum atomic E-state index is 13.0. The molecule has 0 aliphatic heterocycles. The average Bonchev–Trinajstić information content (AvgIpc) is 2.89. The summed E-state index contributed by atoms with van der Waals surface area (Å²) in [5, 5.41) is 7.81. The van der Waals surface area contributed by atoms with E-state index in [1.54, 1.807) is 6.20 Å². The number of rotatable bonds is 5. The van der Waals surface area contributed by atoms with Crippen LogP contribution in [0.2, 0.25) is 0 Å². The third kappa shape index (κ3) is 2.96. The van der Waals surface area contributed by atoms with Gasteiger partial charge in [-0.25, -0.2) is 0 Å². The summed E-state index contributed by atoms with van der Waals surface area (Å²) in [6.45, 7) is 6.19. The summed E-state index contributed by atoms with van der Waals surface area (Å²) in [6, 6.07) is 0.0458. The lowest BCUT2D eigenvalue weighted by molar-refractivity contribution is -0.129. The highest BCUT2D eigenvalue weighted by Gasteiger charge is 2.54. The van der Waals surface area contributed by atoms with Gasteiger partial charge >= 0.3 is 0 Å². The molecule has 2 atom stereocenters. The van der Waals surface area contributed by atoms with Crippen LogP contribution in [0, 0.1) is 30.1 Å². The van der Waals surface area contributed by atoms with E-state index in [-0.39, 0.29) is 11.9 Å². The number of hydrogen-bond acceptors (Lipinski definition) is 2. The second-order valence-electron chi connectivity index (χ2n) is 8.95. The van der Waals surface area contributed by atoms with E-state index in [0.29, 0.717) is 11.5 Å². The zero-order chi connectivity index (χ0) is 17.8. The van der Waals surface area contributed by atoms with Crippen molar-refractivity contribution >= 4 is 21.8 Å². The molecule has 1 amide bonds. The molecule has 0 spiro atoms. The SMILES string of the molecule is CCC(NC(=O)C(C)n1ncc(Br)c1C)C12CC3CC(CC(C3)C1)C2. The Morgan fingerprint density at radius 3 is 2.32 bits per heavy atom. The molecule has 0 radical (unpaired) electrons. The van der Waals surface area contributed by atoms with Crippen molar-refractivity contribution in [2.24, 2.45) is 23.2 Å². The summed E-state index contributed by atoms with van der Waals surface area (Å²) in [5.74, 6) is 2.86. The fourth-order valence-corrected chi connectivity index (χ4v) is 6.76. The molecule has 1 N–H and O–H groups in total. The molecule has 4 nitrogen and oxygen atoms in total. The molecule has 1 heterocycles. The van der Waals surface area contributed by atoms with Crippen LogP contribution in [0.25, 0.3) is 0 Å². The van der Waals surface area contributed by atoms with Gasteiger partial charge < -0.3 is 5.32 Å². The third-order valence-corrected chi connectivity index (χ3v) is 8.06. The third-order valence-electron chi connectivity index (χ3n) is 7.28. The summed E-state index contributed by atoms with van der Waals surface area (Å²) in [6.07, 6.45) is 11.1. The van der Waals surface area contributed by atoms with Gasteiger partial charge in [-0.15, -0.1) is 0 Å². The van der Waals surface area contributed by atoms with Crippen LogP contribution in [0.5, 0.6) is 0 Å². The van der Waals surface area contributed by atoms with Crippen LogP contribution in [-0.4, -0.2) is 21.7 Å². The zero-order valence-electron chi connectivity index (χ0n) is 15.6. The number of nitrogens with zero attached hydrogens (tertiary/aromatic N) is 2. The molecular formula is C20H30BrN3O. The lowest BCUT2D eigenvalue weighted by Crippen LogP contribution is -2.57. The van der Waals surface area contributed by atoms with Gasteiger partial charge in [0.25, 0.3) is 0 Å².